The predicted molar refractivity (Wildman–Crippen MR) is 79.5 cm³/mol. The van der Waals surface area contributed by atoms with Gasteiger partial charge >= 0.3 is 0 Å². The zero-order valence-corrected chi connectivity index (χ0v) is 12.2. The second-order valence-electron chi connectivity index (χ2n) is 5.21. The summed E-state index contributed by atoms with van der Waals surface area (Å²) in [4.78, 5) is 18.4. The zero-order chi connectivity index (χ0) is 14.7. The van der Waals surface area contributed by atoms with Gasteiger partial charge in [0.2, 0.25) is 5.91 Å². The molecule has 112 valence electrons. The number of piperazine rings is 1. The molecule has 0 unspecified atom stereocenters. The minimum Gasteiger partial charge on any atom is -0.489 e. The summed E-state index contributed by atoms with van der Waals surface area (Å²) in [6, 6.07) is 3.80. The maximum atomic E-state index is 12.1. The second kappa shape index (κ2) is 6.13. The second-order valence-corrected chi connectivity index (χ2v) is 5.21. The number of hydrogen-bond donors (Lipinski definition) is 1. The van der Waals surface area contributed by atoms with Crippen molar-refractivity contribution in [3.8, 4) is 5.75 Å². The summed E-state index contributed by atoms with van der Waals surface area (Å²) in [5.41, 5.74) is 1.74. The third-order valence-corrected chi connectivity index (χ3v) is 3.61. The van der Waals surface area contributed by atoms with E-state index in [0.717, 1.165) is 43.3 Å². The molecule has 6 heteroatoms. The van der Waals surface area contributed by atoms with Gasteiger partial charge in [0.25, 0.3) is 0 Å². The lowest BCUT2D eigenvalue weighted by atomic mass is 10.3. The first kappa shape index (κ1) is 13.9. The van der Waals surface area contributed by atoms with Crippen LogP contribution in [0.4, 0.5) is 0 Å². The summed E-state index contributed by atoms with van der Waals surface area (Å²) >= 11 is 0. The topological polar surface area (TPSA) is 58.9 Å². The van der Waals surface area contributed by atoms with Crippen molar-refractivity contribution < 1.29 is 9.53 Å². The number of carbonyl (C=O) groups excluding carboxylic acids is 1. The minimum atomic E-state index is 0.156. The lowest BCUT2D eigenvalue weighted by Crippen LogP contribution is -2.46. The van der Waals surface area contributed by atoms with Crippen LogP contribution in [0.1, 0.15) is 12.1 Å². The monoisotopic (exact) mass is 288 g/mol. The Kier molecular flexibility index (Phi) is 4.06. The minimum absolute atomic E-state index is 0.156. The number of aromatic nitrogens is 2. The third-order valence-electron chi connectivity index (χ3n) is 3.61. The van der Waals surface area contributed by atoms with E-state index in [1.54, 1.807) is 0 Å². The molecule has 3 heterocycles. The third kappa shape index (κ3) is 3.16. The van der Waals surface area contributed by atoms with Crippen LogP contribution < -0.4 is 10.1 Å². The fourth-order valence-electron chi connectivity index (χ4n) is 2.54. The molecule has 1 fully saturated rings. The summed E-state index contributed by atoms with van der Waals surface area (Å²) in [5, 5.41) is 3.24. The van der Waals surface area contributed by atoms with E-state index >= 15 is 0 Å². The summed E-state index contributed by atoms with van der Waals surface area (Å²) in [7, 11) is 0. The first-order chi connectivity index (χ1) is 10.2. The van der Waals surface area contributed by atoms with Gasteiger partial charge in [-0.05, 0) is 19.1 Å². The van der Waals surface area contributed by atoms with Crippen LogP contribution >= 0.6 is 0 Å². The van der Waals surface area contributed by atoms with Gasteiger partial charge in [-0.2, -0.15) is 0 Å². The van der Waals surface area contributed by atoms with Gasteiger partial charge in [0.15, 0.2) is 11.4 Å². The van der Waals surface area contributed by atoms with E-state index < -0.39 is 0 Å². The van der Waals surface area contributed by atoms with E-state index in [1.807, 2.05) is 40.8 Å². The van der Waals surface area contributed by atoms with Crippen molar-refractivity contribution >= 4 is 11.6 Å². The summed E-state index contributed by atoms with van der Waals surface area (Å²) in [6.07, 6.45) is 4.29. The number of pyridine rings is 1. The van der Waals surface area contributed by atoms with E-state index in [1.165, 1.54) is 0 Å². The molecule has 1 aliphatic rings. The zero-order valence-electron chi connectivity index (χ0n) is 12.2. The number of ether oxygens (including phenoxy) is 1. The first-order valence-electron chi connectivity index (χ1n) is 7.29. The Morgan fingerprint density at radius 2 is 2.24 bits per heavy atom. The highest BCUT2D eigenvalue weighted by molar-refractivity contribution is 5.76. The van der Waals surface area contributed by atoms with Gasteiger partial charge in [-0.3, -0.25) is 4.79 Å². The summed E-state index contributed by atoms with van der Waals surface area (Å²) < 4.78 is 7.68. The van der Waals surface area contributed by atoms with Crippen LogP contribution in [0.25, 0.3) is 5.65 Å². The lowest BCUT2D eigenvalue weighted by Gasteiger charge is -2.27. The highest BCUT2D eigenvalue weighted by Crippen LogP contribution is 2.18. The van der Waals surface area contributed by atoms with Crippen LogP contribution in [0, 0.1) is 6.92 Å². The van der Waals surface area contributed by atoms with Gasteiger partial charge in [-0.15, -0.1) is 0 Å². The Bertz CT molecular complexity index is 632. The van der Waals surface area contributed by atoms with Crippen LogP contribution in [0.2, 0.25) is 0 Å². The van der Waals surface area contributed by atoms with Gasteiger partial charge in [-0.1, -0.05) is 0 Å². The van der Waals surface area contributed by atoms with Gasteiger partial charge < -0.3 is 19.4 Å². The van der Waals surface area contributed by atoms with Crippen LogP contribution in [0.3, 0.4) is 0 Å². The number of aryl methyl sites for hydroxylation is 1. The van der Waals surface area contributed by atoms with Crippen molar-refractivity contribution in [2.75, 3.05) is 32.8 Å². The van der Waals surface area contributed by atoms with Gasteiger partial charge in [0.05, 0.1) is 18.7 Å². The SMILES string of the molecule is Cc1cn2cccc(OCCC(=O)N3CCNCC3)c2n1. The van der Waals surface area contributed by atoms with Crippen LogP contribution in [-0.4, -0.2) is 53.0 Å². The lowest BCUT2D eigenvalue weighted by molar-refractivity contribution is -0.132. The van der Waals surface area contributed by atoms with Crippen molar-refractivity contribution in [1.29, 1.82) is 0 Å². The van der Waals surface area contributed by atoms with Gasteiger partial charge in [0.1, 0.15) is 0 Å². The Hall–Kier alpha value is -2.08. The smallest absolute Gasteiger partial charge is 0.226 e. The molecular weight excluding hydrogens is 268 g/mol. The molecule has 0 radical (unpaired) electrons. The molecule has 0 aliphatic carbocycles. The van der Waals surface area contributed by atoms with Crippen molar-refractivity contribution in [2.24, 2.45) is 0 Å². The van der Waals surface area contributed by atoms with Crippen molar-refractivity contribution in [3.05, 3.63) is 30.2 Å². The summed E-state index contributed by atoms with van der Waals surface area (Å²) in [5.74, 6) is 0.877. The molecule has 0 aromatic carbocycles. The number of carbonyl (C=O) groups is 1. The number of nitrogens with zero attached hydrogens (tertiary/aromatic N) is 3. The van der Waals surface area contributed by atoms with Crippen molar-refractivity contribution in [3.63, 3.8) is 0 Å². The molecule has 0 bridgehead atoms. The Morgan fingerprint density at radius 3 is 3.05 bits per heavy atom. The molecule has 1 N–H and O–H groups in total. The molecule has 1 saturated heterocycles. The first-order valence-corrected chi connectivity index (χ1v) is 7.29. The fourth-order valence-corrected chi connectivity index (χ4v) is 2.54. The maximum Gasteiger partial charge on any atom is 0.226 e. The van der Waals surface area contributed by atoms with E-state index in [0.29, 0.717) is 13.0 Å². The van der Waals surface area contributed by atoms with Crippen LogP contribution in [0.15, 0.2) is 24.5 Å². The molecule has 21 heavy (non-hydrogen) atoms. The fraction of sp³-hybridized carbons (Fsp3) is 0.467. The molecule has 0 atom stereocenters. The maximum absolute atomic E-state index is 12.1. The van der Waals surface area contributed by atoms with Crippen LogP contribution in [0.5, 0.6) is 5.75 Å². The molecule has 0 spiro atoms. The molecular formula is C15H20N4O2. The Labute approximate surface area is 123 Å². The highest BCUT2D eigenvalue weighted by Gasteiger charge is 2.16. The van der Waals surface area contributed by atoms with Crippen LogP contribution in [-0.2, 0) is 4.79 Å². The van der Waals surface area contributed by atoms with E-state index in [-0.39, 0.29) is 5.91 Å². The Morgan fingerprint density at radius 1 is 1.43 bits per heavy atom. The summed E-state index contributed by atoms with van der Waals surface area (Å²) in [6.45, 7) is 5.65. The normalized spacial score (nSPS) is 15.4. The standard InChI is InChI=1S/C15H20N4O2/c1-12-11-19-7-2-3-13(15(19)17-12)21-10-4-14(20)18-8-5-16-6-9-18/h2-3,7,11,16H,4-6,8-10H2,1H3. The number of nitrogens with one attached hydrogen (secondary N) is 1. The molecule has 1 amide bonds. The van der Waals surface area contributed by atoms with Crippen molar-refractivity contribution in [2.45, 2.75) is 13.3 Å². The Balaban J connectivity index is 1.58. The molecule has 3 rings (SSSR count). The highest BCUT2D eigenvalue weighted by atomic mass is 16.5. The quantitative estimate of drug-likeness (QED) is 0.906. The van der Waals surface area contributed by atoms with E-state index in [4.69, 9.17) is 4.74 Å². The molecule has 1 aliphatic heterocycles. The number of fused-ring (bicyclic) bond motifs is 1. The molecule has 6 nitrogen and oxygen atoms in total. The molecule has 2 aromatic rings. The largest absolute Gasteiger partial charge is 0.489 e. The van der Waals surface area contributed by atoms with Gasteiger partial charge in [0, 0.05) is 38.6 Å². The van der Waals surface area contributed by atoms with E-state index in [2.05, 4.69) is 10.3 Å². The average molecular weight is 288 g/mol. The van der Waals surface area contributed by atoms with Gasteiger partial charge in [-0.25, -0.2) is 4.98 Å². The predicted octanol–water partition coefficient (Wildman–Crippen LogP) is 0.843. The molecule has 2 aromatic heterocycles. The van der Waals surface area contributed by atoms with Crippen molar-refractivity contribution in [1.82, 2.24) is 19.6 Å². The van der Waals surface area contributed by atoms with E-state index in [9.17, 15) is 4.79 Å². The number of rotatable bonds is 4. The number of imidazole rings is 1. The molecule has 0 saturated carbocycles. The number of hydrogen-bond acceptors (Lipinski definition) is 4. The average Bonchev–Trinajstić information content (AvgIpc) is 2.89. The number of amides is 1.